The summed E-state index contributed by atoms with van der Waals surface area (Å²) in [6.45, 7) is 3.14. The maximum absolute atomic E-state index is 12.4. The van der Waals surface area contributed by atoms with Gasteiger partial charge in [0.2, 0.25) is 0 Å². The Morgan fingerprint density at radius 1 is 1.16 bits per heavy atom. The standard InChI is InChI=1S/C20H24N2OS.ClH/c1-15-13-18(11-12-21-15)22-20(23)17-7-9-19(10-8-17)24-14-16-5-3-2-4-6-16;/h2-10,15,18,21H,11-14H2,1H3,(H,22,23);1H. The van der Waals surface area contributed by atoms with E-state index >= 15 is 0 Å². The van der Waals surface area contributed by atoms with Crippen molar-refractivity contribution < 1.29 is 4.79 Å². The summed E-state index contributed by atoms with van der Waals surface area (Å²) in [5.41, 5.74) is 2.05. The first-order valence-corrected chi connectivity index (χ1v) is 9.50. The summed E-state index contributed by atoms with van der Waals surface area (Å²) in [5, 5.41) is 6.56. The second-order valence-electron chi connectivity index (χ2n) is 6.35. The zero-order valence-corrected chi connectivity index (χ0v) is 16.0. The molecule has 3 nitrogen and oxygen atoms in total. The van der Waals surface area contributed by atoms with E-state index in [1.807, 2.05) is 30.3 Å². The highest BCUT2D eigenvalue weighted by atomic mass is 35.5. The number of carbonyl (C=O) groups is 1. The smallest absolute Gasteiger partial charge is 0.251 e. The molecule has 2 aromatic carbocycles. The van der Waals surface area contributed by atoms with Crippen LogP contribution in [0.25, 0.3) is 0 Å². The Bertz CT molecular complexity index is 663. The molecule has 2 aromatic rings. The van der Waals surface area contributed by atoms with Gasteiger partial charge in [0.15, 0.2) is 0 Å². The lowest BCUT2D eigenvalue weighted by Crippen LogP contribution is -2.46. The van der Waals surface area contributed by atoms with Crippen LogP contribution in [0, 0.1) is 0 Å². The average molecular weight is 377 g/mol. The van der Waals surface area contributed by atoms with Crippen molar-refractivity contribution >= 4 is 30.1 Å². The first kappa shape index (κ1) is 19.8. The molecule has 1 heterocycles. The summed E-state index contributed by atoms with van der Waals surface area (Å²) in [6.07, 6.45) is 2.00. The lowest BCUT2D eigenvalue weighted by atomic mass is 10.0. The summed E-state index contributed by atoms with van der Waals surface area (Å²) in [5.74, 6) is 0.980. The van der Waals surface area contributed by atoms with Gasteiger partial charge in [0.05, 0.1) is 0 Å². The summed E-state index contributed by atoms with van der Waals surface area (Å²) >= 11 is 1.79. The number of hydrogen-bond acceptors (Lipinski definition) is 3. The van der Waals surface area contributed by atoms with Gasteiger partial charge in [0.25, 0.3) is 5.91 Å². The first-order chi connectivity index (χ1) is 11.7. The lowest BCUT2D eigenvalue weighted by molar-refractivity contribution is 0.0925. The van der Waals surface area contributed by atoms with E-state index in [-0.39, 0.29) is 24.4 Å². The number of benzene rings is 2. The number of piperidine rings is 1. The number of rotatable bonds is 5. The van der Waals surface area contributed by atoms with Crippen molar-refractivity contribution in [2.24, 2.45) is 0 Å². The summed E-state index contributed by atoms with van der Waals surface area (Å²) in [6, 6.07) is 19.1. The van der Waals surface area contributed by atoms with E-state index in [0.29, 0.717) is 6.04 Å². The third-order valence-electron chi connectivity index (χ3n) is 4.32. The molecule has 5 heteroatoms. The van der Waals surface area contributed by atoms with Gasteiger partial charge in [-0.15, -0.1) is 24.2 Å². The second-order valence-corrected chi connectivity index (χ2v) is 7.40. The SMILES string of the molecule is CC1CC(NC(=O)c2ccc(SCc3ccccc3)cc2)CCN1.Cl. The van der Waals surface area contributed by atoms with E-state index in [9.17, 15) is 4.79 Å². The Morgan fingerprint density at radius 3 is 2.56 bits per heavy atom. The molecular formula is C20H25ClN2OS. The van der Waals surface area contributed by atoms with E-state index in [4.69, 9.17) is 0 Å². The quantitative estimate of drug-likeness (QED) is 0.765. The maximum Gasteiger partial charge on any atom is 0.251 e. The number of carbonyl (C=O) groups excluding carboxylic acids is 1. The number of nitrogens with one attached hydrogen (secondary N) is 2. The molecule has 0 aliphatic carbocycles. The predicted molar refractivity (Wildman–Crippen MR) is 108 cm³/mol. The van der Waals surface area contributed by atoms with Crippen LogP contribution in [0.15, 0.2) is 59.5 Å². The summed E-state index contributed by atoms with van der Waals surface area (Å²) in [4.78, 5) is 13.6. The van der Waals surface area contributed by atoms with Crippen LogP contribution in [0.5, 0.6) is 0 Å². The summed E-state index contributed by atoms with van der Waals surface area (Å²) < 4.78 is 0. The molecule has 2 atom stereocenters. The third-order valence-corrected chi connectivity index (χ3v) is 5.41. The van der Waals surface area contributed by atoms with Crippen LogP contribution in [0.3, 0.4) is 0 Å². The maximum atomic E-state index is 12.4. The van der Waals surface area contributed by atoms with Gasteiger partial charge in [-0.25, -0.2) is 0 Å². The Morgan fingerprint density at radius 2 is 1.88 bits per heavy atom. The largest absolute Gasteiger partial charge is 0.349 e. The highest BCUT2D eigenvalue weighted by Gasteiger charge is 2.20. The van der Waals surface area contributed by atoms with Crippen LogP contribution in [0.2, 0.25) is 0 Å². The van der Waals surface area contributed by atoms with Gasteiger partial charge in [-0.1, -0.05) is 30.3 Å². The number of thioether (sulfide) groups is 1. The van der Waals surface area contributed by atoms with Crippen LogP contribution in [0.1, 0.15) is 35.7 Å². The summed E-state index contributed by atoms with van der Waals surface area (Å²) in [7, 11) is 0. The van der Waals surface area contributed by atoms with E-state index < -0.39 is 0 Å². The molecule has 2 unspecified atom stereocenters. The lowest BCUT2D eigenvalue weighted by Gasteiger charge is -2.28. The van der Waals surface area contributed by atoms with Crippen molar-refractivity contribution in [3.05, 3.63) is 65.7 Å². The fraction of sp³-hybridized carbons (Fsp3) is 0.350. The van der Waals surface area contributed by atoms with Crippen LogP contribution < -0.4 is 10.6 Å². The fourth-order valence-corrected chi connectivity index (χ4v) is 3.83. The Balaban J connectivity index is 0.00000225. The van der Waals surface area contributed by atoms with Crippen LogP contribution in [0.4, 0.5) is 0 Å². The molecule has 0 aromatic heterocycles. The topological polar surface area (TPSA) is 41.1 Å². The Labute approximate surface area is 160 Å². The molecule has 2 N–H and O–H groups in total. The molecule has 1 fully saturated rings. The molecule has 1 aliphatic rings. The fourth-order valence-electron chi connectivity index (χ4n) is 2.98. The zero-order valence-electron chi connectivity index (χ0n) is 14.4. The van der Waals surface area contributed by atoms with Crippen molar-refractivity contribution in [3.63, 3.8) is 0 Å². The molecule has 1 saturated heterocycles. The van der Waals surface area contributed by atoms with Crippen molar-refractivity contribution in [1.82, 2.24) is 10.6 Å². The zero-order chi connectivity index (χ0) is 16.8. The first-order valence-electron chi connectivity index (χ1n) is 8.52. The minimum atomic E-state index is 0. The van der Waals surface area contributed by atoms with E-state index in [1.54, 1.807) is 11.8 Å². The molecule has 25 heavy (non-hydrogen) atoms. The highest BCUT2D eigenvalue weighted by Crippen LogP contribution is 2.23. The van der Waals surface area contributed by atoms with Gasteiger partial charge < -0.3 is 10.6 Å². The predicted octanol–water partition coefficient (Wildman–Crippen LogP) is 4.27. The third kappa shape index (κ3) is 6.07. The van der Waals surface area contributed by atoms with Gasteiger partial charge >= 0.3 is 0 Å². The highest BCUT2D eigenvalue weighted by molar-refractivity contribution is 7.98. The van der Waals surface area contributed by atoms with Gasteiger partial charge in [0.1, 0.15) is 0 Å². The molecular weight excluding hydrogens is 352 g/mol. The molecule has 3 rings (SSSR count). The van der Waals surface area contributed by atoms with Crippen molar-refractivity contribution in [2.75, 3.05) is 6.54 Å². The number of amides is 1. The monoisotopic (exact) mass is 376 g/mol. The van der Waals surface area contributed by atoms with E-state index in [2.05, 4.69) is 41.8 Å². The van der Waals surface area contributed by atoms with Crippen LogP contribution in [-0.4, -0.2) is 24.5 Å². The van der Waals surface area contributed by atoms with Crippen LogP contribution >= 0.6 is 24.2 Å². The van der Waals surface area contributed by atoms with E-state index in [1.165, 1.54) is 10.5 Å². The molecule has 0 bridgehead atoms. The Hall–Kier alpha value is -1.49. The molecule has 0 radical (unpaired) electrons. The number of halogens is 1. The van der Waals surface area contributed by atoms with Crippen molar-refractivity contribution in [3.8, 4) is 0 Å². The minimum absolute atomic E-state index is 0. The van der Waals surface area contributed by atoms with Gasteiger partial charge in [-0.2, -0.15) is 0 Å². The molecule has 0 saturated carbocycles. The van der Waals surface area contributed by atoms with Gasteiger partial charge in [0, 0.05) is 28.3 Å². The second kappa shape index (κ2) is 9.85. The normalized spacial score (nSPS) is 19.7. The molecule has 1 aliphatic heterocycles. The minimum Gasteiger partial charge on any atom is -0.349 e. The number of hydrogen-bond donors (Lipinski definition) is 2. The molecule has 0 spiro atoms. The van der Waals surface area contributed by atoms with E-state index in [0.717, 1.165) is 30.7 Å². The van der Waals surface area contributed by atoms with Crippen LogP contribution in [-0.2, 0) is 5.75 Å². The molecule has 134 valence electrons. The van der Waals surface area contributed by atoms with Gasteiger partial charge in [-0.3, -0.25) is 4.79 Å². The van der Waals surface area contributed by atoms with Crippen molar-refractivity contribution in [1.29, 1.82) is 0 Å². The van der Waals surface area contributed by atoms with Gasteiger partial charge in [-0.05, 0) is 56.1 Å². The average Bonchev–Trinajstić information content (AvgIpc) is 2.61. The van der Waals surface area contributed by atoms with Crippen molar-refractivity contribution in [2.45, 2.75) is 42.5 Å². The molecule has 1 amide bonds. The Kier molecular flexibility index (Phi) is 7.82.